The molecule has 1 aromatic heterocycles. The van der Waals surface area contributed by atoms with Crippen molar-refractivity contribution in [2.75, 3.05) is 5.73 Å². The SMILES string of the molecule is CC(C)S(=O)(=O)c1ccc(-c2cnc(C(=O)OC(C)(C)C)c(N)n2)c(F)c1. The summed E-state index contributed by atoms with van der Waals surface area (Å²) in [6.07, 6.45) is 1.19. The van der Waals surface area contributed by atoms with E-state index in [9.17, 15) is 17.6 Å². The molecular formula is C18H22FN3O4S. The number of nitrogens with two attached hydrogens (primary N) is 1. The first-order valence-corrected chi connectivity index (χ1v) is 9.77. The molecule has 27 heavy (non-hydrogen) atoms. The maximum absolute atomic E-state index is 14.5. The number of nitrogens with zero attached hydrogens (tertiary/aromatic N) is 2. The van der Waals surface area contributed by atoms with Crippen molar-refractivity contribution in [2.45, 2.75) is 50.4 Å². The molecule has 2 aromatic rings. The van der Waals surface area contributed by atoms with Crippen LogP contribution in [0.4, 0.5) is 10.2 Å². The van der Waals surface area contributed by atoms with Crippen LogP contribution in [0.15, 0.2) is 29.3 Å². The summed E-state index contributed by atoms with van der Waals surface area (Å²) in [4.78, 5) is 19.9. The van der Waals surface area contributed by atoms with Crippen LogP contribution in [-0.4, -0.2) is 35.2 Å². The van der Waals surface area contributed by atoms with Crippen molar-refractivity contribution < 1.29 is 22.3 Å². The first-order chi connectivity index (χ1) is 12.3. The number of carbonyl (C=O) groups is 1. The molecule has 0 amide bonds. The molecule has 0 bridgehead atoms. The second-order valence-electron chi connectivity index (χ2n) is 7.23. The van der Waals surface area contributed by atoms with Crippen LogP contribution in [-0.2, 0) is 14.6 Å². The van der Waals surface area contributed by atoms with E-state index < -0.39 is 32.5 Å². The monoisotopic (exact) mass is 395 g/mol. The Balaban J connectivity index is 2.40. The van der Waals surface area contributed by atoms with Crippen molar-refractivity contribution in [3.63, 3.8) is 0 Å². The molecule has 0 aliphatic carbocycles. The van der Waals surface area contributed by atoms with E-state index in [-0.39, 0.29) is 27.7 Å². The normalized spacial score (nSPS) is 12.3. The molecule has 2 rings (SSSR count). The number of carbonyl (C=O) groups excluding carboxylic acids is 1. The predicted octanol–water partition coefficient (Wildman–Crippen LogP) is 3.00. The Labute approximate surface area is 157 Å². The van der Waals surface area contributed by atoms with E-state index in [1.165, 1.54) is 32.2 Å². The van der Waals surface area contributed by atoms with E-state index in [1.54, 1.807) is 20.8 Å². The Morgan fingerprint density at radius 1 is 1.26 bits per heavy atom. The summed E-state index contributed by atoms with van der Waals surface area (Å²) in [5.74, 6) is -1.73. The van der Waals surface area contributed by atoms with E-state index in [1.807, 2.05) is 0 Å². The summed E-state index contributed by atoms with van der Waals surface area (Å²) in [6.45, 7) is 8.13. The van der Waals surface area contributed by atoms with Crippen LogP contribution in [0, 0.1) is 5.82 Å². The summed E-state index contributed by atoms with van der Waals surface area (Å²) in [5.41, 5.74) is 4.97. The van der Waals surface area contributed by atoms with Crippen LogP contribution in [0.5, 0.6) is 0 Å². The summed E-state index contributed by atoms with van der Waals surface area (Å²) in [7, 11) is -3.60. The van der Waals surface area contributed by atoms with Gasteiger partial charge in [0.15, 0.2) is 21.3 Å². The Bertz CT molecular complexity index is 983. The molecule has 0 saturated heterocycles. The standard InChI is InChI=1S/C18H22FN3O4S/c1-10(2)27(24,25)11-6-7-12(13(19)8-11)14-9-21-15(16(20)22-14)17(23)26-18(3,4)5/h6-10H,1-5H3,(H2,20,22). The Hall–Kier alpha value is -2.55. The zero-order valence-electron chi connectivity index (χ0n) is 15.8. The summed E-state index contributed by atoms with van der Waals surface area (Å²) < 4.78 is 44.0. The molecule has 0 fully saturated rings. The largest absolute Gasteiger partial charge is 0.455 e. The minimum absolute atomic E-state index is 0.0210. The highest BCUT2D eigenvalue weighted by Crippen LogP contribution is 2.26. The Morgan fingerprint density at radius 3 is 2.37 bits per heavy atom. The highest BCUT2D eigenvalue weighted by Gasteiger charge is 2.24. The molecule has 0 spiro atoms. The Morgan fingerprint density at radius 2 is 1.89 bits per heavy atom. The number of nitrogen functional groups attached to an aromatic ring is 1. The Kier molecular flexibility index (Phi) is 5.55. The summed E-state index contributed by atoms with van der Waals surface area (Å²) in [6, 6.07) is 3.53. The fraction of sp³-hybridized carbons (Fsp3) is 0.389. The van der Waals surface area contributed by atoms with Crippen molar-refractivity contribution in [2.24, 2.45) is 0 Å². The minimum atomic E-state index is -3.60. The molecule has 1 heterocycles. The van der Waals surface area contributed by atoms with Crippen molar-refractivity contribution >= 4 is 21.6 Å². The van der Waals surface area contributed by atoms with E-state index in [4.69, 9.17) is 10.5 Å². The maximum atomic E-state index is 14.5. The first kappa shape index (κ1) is 20.8. The molecule has 0 saturated carbocycles. The van der Waals surface area contributed by atoms with Crippen LogP contribution in [0.25, 0.3) is 11.3 Å². The second-order valence-corrected chi connectivity index (χ2v) is 9.73. The van der Waals surface area contributed by atoms with Gasteiger partial charge in [-0.25, -0.2) is 27.6 Å². The van der Waals surface area contributed by atoms with Gasteiger partial charge in [0, 0.05) is 5.56 Å². The molecule has 0 atom stereocenters. The number of anilines is 1. The van der Waals surface area contributed by atoms with E-state index in [0.29, 0.717) is 0 Å². The van der Waals surface area contributed by atoms with Crippen molar-refractivity contribution in [1.82, 2.24) is 9.97 Å². The van der Waals surface area contributed by atoms with Gasteiger partial charge < -0.3 is 10.5 Å². The molecule has 9 heteroatoms. The summed E-state index contributed by atoms with van der Waals surface area (Å²) >= 11 is 0. The minimum Gasteiger partial charge on any atom is -0.455 e. The van der Waals surface area contributed by atoms with E-state index in [0.717, 1.165) is 6.07 Å². The highest BCUT2D eigenvalue weighted by atomic mass is 32.2. The topological polar surface area (TPSA) is 112 Å². The van der Waals surface area contributed by atoms with Gasteiger partial charge >= 0.3 is 5.97 Å². The number of hydrogen-bond acceptors (Lipinski definition) is 7. The van der Waals surface area contributed by atoms with Crippen LogP contribution < -0.4 is 5.73 Å². The number of esters is 1. The zero-order chi connectivity index (χ0) is 20.6. The predicted molar refractivity (Wildman–Crippen MR) is 99.3 cm³/mol. The van der Waals surface area contributed by atoms with Gasteiger partial charge in [-0.1, -0.05) is 0 Å². The smallest absolute Gasteiger partial charge is 0.361 e. The molecule has 0 aliphatic rings. The van der Waals surface area contributed by atoms with E-state index in [2.05, 4.69) is 9.97 Å². The second kappa shape index (κ2) is 7.22. The third-order valence-corrected chi connectivity index (χ3v) is 5.71. The number of halogens is 1. The van der Waals surface area contributed by atoms with Gasteiger partial charge in [0.25, 0.3) is 0 Å². The fourth-order valence-electron chi connectivity index (χ4n) is 2.17. The van der Waals surface area contributed by atoms with Gasteiger partial charge in [-0.2, -0.15) is 0 Å². The van der Waals surface area contributed by atoms with Crippen molar-refractivity contribution in [3.05, 3.63) is 35.9 Å². The molecular weight excluding hydrogens is 373 g/mol. The number of benzene rings is 1. The average molecular weight is 395 g/mol. The molecule has 7 nitrogen and oxygen atoms in total. The van der Waals surface area contributed by atoms with Gasteiger partial charge in [-0.15, -0.1) is 0 Å². The van der Waals surface area contributed by atoms with Crippen molar-refractivity contribution in [1.29, 1.82) is 0 Å². The van der Waals surface area contributed by atoms with Crippen molar-refractivity contribution in [3.8, 4) is 11.3 Å². The van der Waals surface area contributed by atoms with Gasteiger partial charge in [-0.05, 0) is 52.8 Å². The lowest BCUT2D eigenvalue weighted by molar-refractivity contribution is 0.00638. The third-order valence-electron chi connectivity index (χ3n) is 3.56. The highest BCUT2D eigenvalue weighted by molar-refractivity contribution is 7.92. The number of rotatable bonds is 4. The quantitative estimate of drug-likeness (QED) is 0.792. The molecule has 0 aliphatic heterocycles. The lowest BCUT2D eigenvalue weighted by Gasteiger charge is -2.19. The van der Waals surface area contributed by atoms with Crippen LogP contribution in [0.1, 0.15) is 45.1 Å². The number of ether oxygens (including phenoxy) is 1. The van der Waals surface area contributed by atoms with Gasteiger partial charge in [0.05, 0.1) is 22.0 Å². The maximum Gasteiger partial charge on any atom is 0.361 e. The lowest BCUT2D eigenvalue weighted by atomic mass is 10.1. The van der Waals surface area contributed by atoms with Crippen LogP contribution >= 0.6 is 0 Å². The molecule has 0 unspecified atom stereocenters. The third kappa shape index (κ3) is 4.60. The molecule has 2 N–H and O–H groups in total. The fourth-order valence-corrected chi connectivity index (χ4v) is 3.24. The number of hydrogen-bond donors (Lipinski definition) is 1. The summed E-state index contributed by atoms with van der Waals surface area (Å²) in [5, 5.41) is -0.675. The molecule has 1 aromatic carbocycles. The zero-order valence-corrected chi connectivity index (χ0v) is 16.6. The molecule has 0 radical (unpaired) electrons. The van der Waals surface area contributed by atoms with Crippen LogP contribution in [0.3, 0.4) is 0 Å². The van der Waals surface area contributed by atoms with Gasteiger partial charge in [-0.3, -0.25) is 0 Å². The van der Waals surface area contributed by atoms with Crippen LogP contribution in [0.2, 0.25) is 0 Å². The number of sulfone groups is 1. The molecule has 146 valence electrons. The van der Waals surface area contributed by atoms with Gasteiger partial charge in [0.1, 0.15) is 11.4 Å². The van der Waals surface area contributed by atoms with E-state index >= 15 is 0 Å². The van der Waals surface area contributed by atoms with Gasteiger partial charge in [0.2, 0.25) is 0 Å². The first-order valence-electron chi connectivity index (χ1n) is 8.22. The average Bonchev–Trinajstić information content (AvgIpc) is 2.52. The lowest BCUT2D eigenvalue weighted by Crippen LogP contribution is -2.25. The number of aromatic nitrogens is 2.